The molecule has 2 saturated heterocycles. The van der Waals surface area contributed by atoms with Crippen LogP contribution in [0.25, 0.3) is 0 Å². The first-order valence-corrected chi connectivity index (χ1v) is 9.25. The zero-order valence-electron chi connectivity index (χ0n) is 13.2. The molecule has 0 amide bonds. The van der Waals surface area contributed by atoms with E-state index >= 15 is 0 Å². The fraction of sp³-hybridized carbons (Fsp3) is 0.600. The Morgan fingerprint density at radius 3 is 2.57 bits per heavy atom. The third-order valence-corrected chi connectivity index (χ3v) is 6.48. The van der Waals surface area contributed by atoms with E-state index in [-0.39, 0.29) is 10.6 Å². The van der Waals surface area contributed by atoms with Gasteiger partial charge < -0.3 is 10.1 Å². The molecule has 3 rings (SSSR count). The van der Waals surface area contributed by atoms with Crippen molar-refractivity contribution < 1.29 is 17.5 Å². The summed E-state index contributed by atoms with van der Waals surface area (Å²) in [6.45, 7) is 4.29. The summed E-state index contributed by atoms with van der Waals surface area (Å²) in [5.41, 5.74) is 0. The zero-order chi connectivity index (χ0) is 16.4. The van der Waals surface area contributed by atoms with Crippen molar-refractivity contribution in [2.45, 2.75) is 17.4 Å². The van der Waals surface area contributed by atoms with Crippen LogP contribution in [0.4, 0.5) is 4.39 Å². The van der Waals surface area contributed by atoms with E-state index in [2.05, 4.69) is 10.2 Å². The van der Waals surface area contributed by atoms with Crippen LogP contribution in [0.15, 0.2) is 23.1 Å². The molecule has 2 aliphatic rings. The number of hydrogen-bond acceptors (Lipinski definition) is 5. The Morgan fingerprint density at radius 1 is 1.26 bits per heavy atom. The third-order valence-electron chi connectivity index (χ3n) is 4.58. The van der Waals surface area contributed by atoms with Gasteiger partial charge in [-0.05, 0) is 31.2 Å². The Labute approximate surface area is 136 Å². The van der Waals surface area contributed by atoms with Gasteiger partial charge >= 0.3 is 0 Å². The lowest BCUT2D eigenvalue weighted by Crippen LogP contribution is -2.52. The van der Waals surface area contributed by atoms with Gasteiger partial charge in [0.15, 0.2) is 11.6 Å². The van der Waals surface area contributed by atoms with Crippen molar-refractivity contribution in [2.75, 3.05) is 46.4 Å². The quantitative estimate of drug-likeness (QED) is 0.863. The SMILES string of the molecule is COc1ccc(S(=O)(=O)N2CCN(C3CCNC3)CC2)cc1F. The topological polar surface area (TPSA) is 61.9 Å². The molecule has 6 nitrogen and oxygen atoms in total. The minimum absolute atomic E-state index is 0.0215. The minimum atomic E-state index is -3.66. The number of hydrogen-bond donors (Lipinski definition) is 1. The lowest BCUT2D eigenvalue weighted by molar-refractivity contribution is 0.145. The maximum Gasteiger partial charge on any atom is 0.243 e. The summed E-state index contributed by atoms with van der Waals surface area (Å²) < 4.78 is 45.4. The summed E-state index contributed by atoms with van der Waals surface area (Å²) in [7, 11) is -2.31. The summed E-state index contributed by atoms with van der Waals surface area (Å²) in [4.78, 5) is 2.31. The van der Waals surface area contributed by atoms with E-state index in [0.717, 1.165) is 25.6 Å². The highest BCUT2D eigenvalue weighted by Gasteiger charge is 2.32. The molecule has 1 N–H and O–H groups in total. The predicted octanol–water partition coefficient (Wildman–Crippen LogP) is 0.502. The first-order valence-electron chi connectivity index (χ1n) is 7.81. The third kappa shape index (κ3) is 3.35. The van der Waals surface area contributed by atoms with Gasteiger partial charge in [0.25, 0.3) is 0 Å². The maximum atomic E-state index is 13.8. The Morgan fingerprint density at radius 2 is 2.00 bits per heavy atom. The second-order valence-electron chi connectivity index (χ2n) is 5.88. The smallest absolute Gasteiger partial charge is 0.243 e. The van der Waals surface area contributed by atoms with E-state index in [9.17, 15) is 12.8 Å². The Kier molecular flexibility index (Phi) is 4.86. The fourth-order valence-corrected chi connectivity index (χ4v) is 4.65. The second-order valence-corrected chi connectivity index (χ2v) is 7.82. The molecule has 128 valence electrons. The molecule has 1 atom stereocenters. The molecule has 0 aromatic heterocycles. The van der Waals surface area contributed by atoms with Crippen molar-refractivity contribution >= 4 is 10.0 Å². The standard InChI is InChI=1S/C15H22FN3O3S/c1-22-15-3-2-13(10-14(15)16)23(20,21)19-8-6-18(7-9-19)12-4-5-17-11-12/h2-3,10,12,17H,4-9,11H2,1H3. The number of benzene rings is 1. The van der Waals surface area contributed by atoms with Crippen LogP contribution in [0.3, 0.4) is 0 Å². The molecule has 2 fully saturated rings. The van der Waals surface area contributed by atoms with Crippen molar-refractivity contribution in [3.63, 3.8) is 0 Å². The molecule has 1 unspecified atom stereocenters. The Hall–Kier alpha value is -1.22. The van der Waals surface area contributed by atoms with Gasteiger partial charge in [0.2, 0.25) is 10.0 Å². The van der Waals surface area contributed by atoms with E-state index in [1.54, 1.807) is 0 Å². The highest BCUT2D eigenvalue weighted by atomic mass is 32.2. The number of ether oxygens (including phenoxy) is 1. The van der Waals surface area contributed by atoms with Gasteiger partial charge in [-0.3, -0.25) is 4.90 Å². The van der Waals surface area contributed by atoms with Crippen LogP contribution >= 0.6 is 0 Å². The normalized spacial score (nSPS) is 24.0. The molecule has 0 saturated carbocycles. The number of sulfonamides is 1. The van der Waals surface area contributed by atoms with E-state index in [1.807, 2.05) is 0 Å². The van der Waals surface area contributed by atoms with Crippen LogP contribution < -0.4 is 10.1 Å². The summed E-state index contributed by atoms with van der Waals surface area (Å²) in [6, 6.07) is 4.27. The number of nitrogens with zero attached hydrogens (tertiary/aromatic N) is 2. The Bertz CT molecular complexity index is 654. The molecule has 1 aromatic carbocycles. The van der Waals surface area contributed by atoms with Crippen LogP contribution in [0.1, 0.15) is 6.42 Å². The molecule has 23 heavy (non-hydrogen) atoms. The lowest BCUT2D eigenvalue weighted by Gasteiger charge is -2.37. The van der Waals surface area contributed by atoms with Crippen LogP contribution in [-0.2, 0) is 10.0 Å². The van der Waals surface area contributed by atoms with Gasteiger partial charge in [0.05, 0.1) is 12.0 Å². The zero-order valence-corrected chi connectivity index (χ0v) is 14.0. The summed E-state index contributed by atoms with van der Waals surface area (Å²) >= 11 is 0. The van der Waals surface area contributed by atoms with Crippen LogP contribution in [-0.4, -0.2) is 70.0 Å². The number of methoxy groups -OCH3 is 1. The minimum Gasteiger partial charge on any atom is -0.494 e. The number of nitrogens with one attached hydrogen (secondary N) is 1. The Balaban J connectivity index is 1.70. The highest BCUT2D eigenvalue weighted by molar-refractivity contribution is 7.89. The average Bonchev–Trinajstić information content (AvgIpc) is 3.09. The molecule has 2 aliphatic heterocycles. The van der Waals surface area contributed by atoms with Crippen LogP contribution in [0.5, 0.6) is 5.75 Å². The lowest BCUT2D eigenvalue weighted by atomic mass is 10.2. The summed E-state index contributed by atoms with van der Waals surface area (Å²) in [5.74, 6) is -0.619. The van der Waals surface area contributed by atoms with E-state index in [0.29, 0.717) is 32.2 Å². The largest absolute Gasteiger partial charge is 0.494 e. The predicted molar refractivity (Wildman–Crippen MR) is 84.6 cm³/mol. The van der Waals surface area contributed by atoms with E-state index in [4.69, 9.17) is 4.74 Å². The number of rotatable bonds is 4. The van der Waals surface area contributed by atoms with Crippen molar-refractivity contribution in [3.05, 3.63) is 24.0 Å². The van der Waals surface area contributed by atoms with Gasteiger partial charge in [-0.15, -0.1) is 0 Å². The number of halogens is 1. The summed E-state index contributed by atoms with van der Waals surface area (Å²) in [6.07, 6.45) is 1.11. The molecule has 0 spiro atoms. The molecule has 0 bridgehead atoms. The van der Waals surface area contributed by atoms with Gasteiger partial charge in [0, 0.05) is 38.8 Å². The van der Waals surface area contributed by atoms with Gasteiger partial charge in [-0.25, -0.2) is 12.8 Å². The van der Waals surface area contributed by atoms with Crippen molar-refractivity contribution in [1.82, 2.24) is 14.5 Å². The van der Waals surface area contributed by atoms with Gasteiger partial charge in [0.1, 0.15) is 0 Å². The van der Waals surface area contributed by atoms with Crippen molar-refractivity contribution in [1.29, 1.82) is 0 Å². The van der Waals surface area contributed by atoms with Crippen molar-refractivity contribution in [3.8, 4) is 5.75 Å². The van der Waals surface area contributed by atoms with Gasteiger partial charge in [-0.1, -0.05) is 0 Å². The van der Waals surface area contributed by atoms with Crippen molar-refractivity contribution in [2.24, 2.45) is 0 Å². The molecule has 1 aromatic rings. The van der Waals surface area contributed by atoms with Gasteiger partial charge in [-0.2, -0.15) is 4.31 Å². The van der Waals surface area contributed by atoms with E-state index in [1.165, 1.54) is 23.5 Å². The van der Waals surface area contributed by atoms with E-state index < -0.39 is 15.8 Å². The monoisotopic (exact) mass is 343 g/mol. The highest BCUT2D eigenvalue weighted by Crippen LogP contribution is 2.24. The molecule has 8 heteroatoms. The first-order chi connectivity index (χ1) is 11.0. The molecular weight excluding hydrogens is 321 g/mol. The van der Waals surface area contributed by atoms with Crippen LogP contribution in [0.2, 0.25) is 0 Å². The molecular formula is C15H22FN3O3S. The number of piperazine rings is 1. The molecule has 0 radical (unpaired) electrons. The fourth-order valence-electron chi connectivity index (χ4n) is 3.22. The molecule has 0 aliphatic carbocycles. The summed E-state index contributed by atoms with van der Waals surface area (Å²) in [5, 5.41) is 3.33. The second kappa shape index (κ2) is 6.72. The average molecular weight is 343 g/mol. The molecule has 2 heterocycles. The first kappa shape index (κ1) is 16.6. The van der Waals surface area contributed by atoms with Crippen LogP contribution in [0, 0.1) is 5.82 Å². The maximum absolute atomic E-state index is 13.8.